The van der Waals surface area contributed by atoms with Crippen molar-refractivity contribution in [3.63, 3.8) is 0 Å². The fraction of sp³-hybridized carbons (Fsp3) is 0.643. The summed E-state index contributed by atoms with van der Waals surface area (Å²) >= 11 is 0. The van der Waals surface area contributed by atoms with E-state index < -0.39 is 17.2 Å². The maximum absolute atomic E-state index is 13.1. The Morgan fingerprint density at radius 1 is 1.15 bits per heavy atom. The molecule has 3 nitrogen and oxygen atoms in total. The minimum Gasteiger partial charge on any atom is -0.491 e. The van der Waals surface area contributed by atoms with Gasteiger partial charge in [0.15, 0.2) is 0 Å². The molecule has 0 bridgehead atoms. The second kappa shape index (κ2) is 6.43. The Morgan fingerprint density at radius 2 is 1.80 bits per heavy atom. The zero-order chi connectivity index (χ0) is 15.4. The summed E-state index contributed by atoms with van der Waals surface area (Å²) in [5.41, 5.74) is -0.849. The number of rotatable bonds is 5. The summed E-state index contributed by atoms with van der Waals surface area (Å²) in [5.74, 6) is -0.235. The van der Waals surface area contributed by atoms with Crippen LogP contribution in [0.2, 0.25) is 0 Å². The van der Waals surface area contributed by atoms with Crippen LogP contribution in [0.25, 0.3) is 0 Å². The second-order valence-corrected chi connectivity index (χ2v) is 5.51. The van der Waals surface area contributed by atoms with Crippen molar-refractivity contribution in [3.05, 3.63) is 23.5 Å². The molecule has 0 saturated carbocycles. The Bertz CT molecular complexity index is 439. The molecular weight excluding hydrogens is 271 g/mol. The van der Waals surface area contributed by atoms with Crippen LogP contribution in [-0.4, -0.2) is 25.3 Å². The molecule has 0 fully saturated rings. The minimum atomic E-state index is -4.46. The third-order valence-electron chi connectivity index (χ3n) is 2.69. The summed E-state index contributed by atoms with van der Waals surface area (Å²) < 4.78 is 49.2. The molecule has 1 heterocycles. The van der Waals surface area contributed by atoms with E-state index in [1.54, 1.807) is 0 Å². The molecule has 0 spiro atoms. The van der Waals surface area contributed by atoms with E-state index in [0.29, 0.717) is 18.7 Å². The Morgan fingerprint density at radius 3 is 2.30 bits per heavy atom. The first-order chi connectivity index (χ1) is 9.16. The minimum absolute atomic E-state index is 0.160. The molecule has 0 unspecified atom stereocenters. The quantitative estimate of drug-likeness (QED) is 0.773. The lowest BCUT2D eigenvalue weighted by molar-refractivity contribution is -0.139. The number of halogens is 3. The van der Waals surface area contributed by atoms with Crippen molar-refractivity contribution in [2.75, 3.05) is 20.3 Å². The number of nitrogens with zero attached hydrogens (tertiary/aromatic N) is 1. The first-order valence-corrected chi connectivity index (χ1v) is 6.35. The fourth-order valence-corrected chi connectivity index (χ4v) is 1.57. The predicted molar refractivity (Wildman–Crippen MR) is 69.9 cm³/mol. The van der Waals surface area contributed by atoms with Gasteiger partial charge in [0, 0.05) is 31.2 Å². The van der Waals surface area contributed by atoms with Crippen molar-refractivity contribution in [1.29, 1.82) is 0 Å². The van der Waals surface area contributed by atoms with Gasteiger partial charge in [-0.1, -0.05) is 20.8 Å². The van der Waals surface area contributed by atoms with E-state index >= 15 is 0 Å². The molecule has 0 N–H and O–H groups in total. The van der Waals surface area contributed by atoms with Gasteiger partial charge in [-0.05, 0) is 6.07 Å². The predicted octanol–water partition coefficient (Wildman–Crippen LogP) is 3.81. The average molecular weight is 291 g/mol. The maximum Gasteiger partial charge on any atom is 0.420 e. The largest absolute Gasteiger partial charge is 0.491 e. The summed E-state index contributed by atoms with van der Waals surface area (Å²) in [4.78, 5) is 4.07. The van der Waals surface area contributed by atoms with E-state index in [1.165, 1.54) is 7.11 Å². The summed E-state index contributed by atoms with van der Waals surface area (Å²) in [6, 6.07) is 1.06. The van der Waals surface area contributed by atoms with Crippen LogP contribution in [-0.2, 0) is 16.3 Å². The Labute approximate surface area is 117 Å². The highest BCUT2D eigenvalue weighted by molar-refractivity contribution is 5.36. The van der Waals surface area contributed by atoms with Crippen LogP contribution < -0.4 is 4.74 Å². The van der Waals surface area contributed by atoms with Gasteiger partial charge in [0.1, 0.15) is 11.3 Å². The second-order valence-electron chi connectivity index (χ2n) is 5.51. The molecule has 0 saturated heterocycles. The lowest BCUT2D eigenvalue weighted by Crippen LogP contribution is -2.17. The SMILES string of the molecule is COCCCOc1cnc(C(C)(C)C)cc1C(F)(F)F. The molecule has 114 valence electrons. The normalized spacial score (nSPS) is 12.6. The molecule has 0 aliphatic rings. The molecule has 0 atom stereocenters. The molecular formula is C14H20F3NO2. The van der Waals surface area contributed by atoms with Crippen LogP contribution in [0.15, 0.2) is 12.3 Å². The molecule has 0 aliphatic heterocycles. The standard InChI is InChI=1S/C14H20F3NO2/c1-13(2,3)12-8-10(14(15,16)17)11(9-18-12)20-7-5-6-19-4/h8-9H,5-7H2,1-4H3. The van der Waals surface area contributed by atoms with E-state index in [1.807, 2.05) is 20.8 Å². The van der Waals surface area contributed by atoms with E-state index in [4.69, 9.17) is 9.47 Å². The van der Waals surface area contributed by atoms with E-state index in [-0.39, 0.29) is 12.4 Å². The summed E-state index contributed by atoms with van der Waals surface area (Å²) in [7, 11) is 1.53. The van der Waals surface area contributed by atoms with E-state index in [9.17, 15) is 13.2 Å². The van der Waals surface area contributed by atoms with Gasteiger partial charge in [-0.25, -0.2) is 0 Å². The van der Waals surface area contributed by atoms with Gasteiger partial charge in [-0.15, -0.1) is 0 Å². The van der Waals surface area contributed by atoms with Crippen molar-refractivity contribution in [3.8, 4) is 5.75 Å². The first-order valence-electron chi connectivity index (χ1n) is 6.35. The van der Waals surface area contributed by atoms with Crippen molar-refractivity contribution in [2.24, 2.45) is 0 Å². The van der Waals surface area contributed by atoms with Crippen molar-refractivity contribution in [2.45, 2.75) is 38.8 Å². The highest BCUT2D eigenvalue weighted by Crippen LogP contribution is 2.37. The van der Waals surface area contributed by atoms with Crippen LogP contribution in [0.1, 0.15) is 38.4 Å². The van der Waals surface area contributed by atoms with E-state index in [2.05, 4.69) is 4.98 Å². The number of methoxy groups -OCH3 is 1. The Balaban J connectivity index is 2.99. The molecule has 0 aliphatic carbocycles. The molecule has 20 heavy (non-hydrogen) atoms. The number of alkyl halides is 3. The molecule has 1 rings (SSSR count). The van der Waals surface area contributed by atoms with Crippen LogP contribution >= 0.6 is 0 Å². The van der Waals surface area contributed by atoms with Crippen LogP contribution in [0.4, 0.5) is 13.2 Å². The highest BCUT2D eigenvalue weighted by Gasteiger charge is 2.36. The molecule has 0 amide bonds. The van der Waals surface area contributed by atoms with Gasteiger partial charge in [-0.2, -0.15) is 13.2 Å². The van der Waals surface area contributed by atoms with Gasteiger partial charge in [0.2, 0.25) is 0 Å². The molecule has 1 aromatic rings. The third-order valence-corrected chi connectivity index (χ3v) is 2.69. The monoisotopic (exact) mass is 291 g/mol. The van der Waals surface area contributed by atoms with Gasteiger partial charge < -0.3 is 9.47 Å². The third kappa shape index (κ3) is 4.67. The topological polar surface area (TPSA) is 31.4 Å². The smallest absolute Gasteiger partial charge is 0.420 e. The maximum atomic E-state index is 13.1. The number of ether oxygens (including phenoxy) is 2. The molecule has 1 aromatic heterocycles. The molecule has 0 radical (unpaired) electrons. The fourth-order valence-electron chi connectivity index (χ4n) is 1.57. The average Bonchev–Trinajstić information content (AvgIpc) is 2.32. The zero-order valence-corrected chi connectivity index (χ0v) is 12.2. The van der Waals surface area contributed by atoms with Crippen LogP contribution in [0.3, 0.4) is 0 Å². The highest BCUT2D eigenvalue weighted by atomic mass is 19.4. The molecule has 6 heteroatoms. The van der Waals surface area contributed by atoms with Crippen LogP contribution in [0, 0.1) is 0 Å². The lowest BCUT2D eigenvalue weighted by atomic mass is 9.90. The Hall–Kier alpha value is -1.30. The summed E-state index contributed by atoms with van der Waals surface area (Å²) in [6.07, 6.45) is -2.79. The molecule has 0 aromatic carbocycles. The van der Waals surface area contributed by atoms with E-state index in [0.717, 1.165) is 12.3 Å². The summed E-state index contributed by atoms with van der Waals surface area (Å²) in [6.45, 7) is 6.04. The van der Waals surface area contributed by atoms with Gasteiger partial charge in [0.25, 0.3) is 0 Å². The summed E-state index contributed by atoms with van der Waals surface area (Å²) in [5, 5.41) is 0. The number of aromatic nitrogens is 1. The van der Waals surface area contributed by atoms with Gasteiger partial charge >= 0.3 is 6.18 Å². The van der Waals surface area contributed by atoms with Crippen molar-refractivity contribution >= 4 is 0 Å². The van der Waals surface area contributed by atoms with Crippen molar-refractivity contribution in [1.82, 2.24) is 4.98 Å². The Kier molecular flexibility index (Phi) is 5.39. The number of hydrogen-bond acceptors (Lipinski definition) is 3. The first kappa shape index (κ1) is 16.8. The van der Waals surface area contributed by atoms with Crippen molar-refractivity contribution < 1.29 is 22.6 Å². The lowest BCUT2D eigenvalue weighted by Gasteiger charge is -2.21. The number of pyridine rings is 1. The van der Waals surface area contributed by atoms with Gasteiger partial charge in [0.05, 0.1) is 12.8 Å². The zero-order valence-electron chi connectivity index (χ0n) is 12.2. The van der Waals surface area contributed by atoms with Crippen LogP contribution in [0.5, 0.6) is 5.75 Å². The number of hydrogen-bond donors (Lipinski definition) is 0. The van der Waals surface area contributed by atoms with Gasteiger partial charge in [-0.3, -0.25) is 4.98 Å².